The number of ether oxygens (including phenoxy) is 1. The molecule has 0 N–H and O–H groups in total. The molecule has 1 heteroatoms. The van der Waals surface area contributed by atoms with Crippen LogP contribution in [0.15, 0.2) is 48.5 Å². The summed E-state index contributed by atoms with van der Waals surface area (Å²) in [6, 6.07) is 17.0. The highest BCUT2D eigenvalue weighted by molar-refractivity contribution is 5.45. The lowest BCUT2D eigenvalue weighted by atomic mass is 9.77. The van der Waals surface area contributed by atoms with Crippen LogP contribution in [0.3, 0.4) is 0 Å². The Balaban J connectivity index is 1.56. The molecule has 0 aromatic heterocycles. The third kappa shape index (κ3) is 5.90. The SMILES string of the molecule is CCCOc1ccc(C#Cc2ccc([C@H]3CC[C@H](CCC)CC3)cc2)cc1. The molecule has 0 heterocycles. The molecule has 27 heavy (non-hydrogen) atoms. The fourth-order valence-electron chi connectivity index (χ4n) is 4.03. The Labute approximate surface area is 165 Å². The molecule has 0 spiro atoms. The largest absolute Gasteiger partial charge is 0.494 e. The number of hydrogen-bond acceptors (Lipinski definition) is 1. The fraction of sp³-hybridized carbons (Fsp3) is 0.462. The van der Waals surface area contributed by atoms with Crippen molar-refractivity contribution in [2.45, 2.75) is 64.7 Å². The van der Waals surface area contributed by atoms with E-state index in [2.05, 4.69) is 50.0 Å². The van der Waals surface area contributed by atoms with Gasteiger partial charge in [-0.15, -0.1) is 0 Å². The van der Waals surface area contributed by atoms with E-state index in [1.54, 1.807) is 0 Å². The third-order valence-electron chi connectivity index (χ3n) is 5.60. The minimum absolute atomic E-state index is 0.746. The molecule has 1 saturated carbocycles. The average Bonchev–Trinajstić information content (AvgIpc) is 2.73. The maximum absolute atomic E-state index is 5.62. The number of hydrogen-bond donors (Lipinski definition) is 0. The van der Waals surface area contributed by atoms with E-state index >= 15 is 0 Å². The number of rotatable bonds is 6. The first kappa shape index (κ1) is 19.6. The maximum atomic E-state index is 5.62. The molecule has 142 valence electrons. The Morgan fingerprint density at radius 1 is 0.778 bits per heavy atom. The molecule has 1 aliphatic carbocycles. The highest BCUT2D eigenvalue weighted by atomic mass is 16.5. The molecule has 0 bridgehead atoms. The first-order chi connectivity index (χ1) is 13.3. The van der Waals surface area contributed by atoms with Crippen LogP contribution < -0.4 is 4.74 Å². The van der Waals surface area contributed by atoms with Crippen molar-refractivity contribution in [3.8, 4) is 17.6 Å². The summed E-state index contributed by atoms with van der Waals surface area (Å²) in [6.07, 6.45) is 9.27. The molecular weight excluding hydrogens is 328 g/mol. The van der Waals surface area contributed by atoms with E-state index in [1.165, 1.54) is 44.1 Å². The van der Waals surface area contributed by atoms with Crippen LogP contribution in [0.4, 0.5) is 0 Å². The summed E-state index contributed by atoms with van der Waals surface area (Å²) in [6.45, 7) is 5.18. The van der Waals surface area contributed by atoms with E-state index in [9.17, 15) is 0 Å². The van der Waals surface area contributed by atoms with Crippen molar-refractivity contribution in [1.29, 1.82) is 0 Å². The molecule has 0 aliphatic heterocycles. The van der Waals surface area contributed by atoms with Crippen molar-refractivity contribution >= 4 is 0 Å². The lowest BCUT2D eigenvalue weighted by molar-refractivity contribution is 0.308. The van der Waals surface area contributed by atoms with Crippen LogP contribution in [-0.2, 0) is 0 Å². The van der Waals surface area contributed by atoms with Gasteiger partial charge in [0.05, 0.1) is 6.61 Å². The van der Waals surface area contributed by atoms with Crippen LogP contribution in [0.25, 0.3) is 0 Å². The second-order valence-corrected chi connectivity index (χ2v) is 7.75. The van der Waals surface area contributed by atoms with Gasteiger partial charge in [0.15, 0.2) is 0 Å². The van der Waals surface area contributed by atoms with E-state index in [-0.39, 0.29) is 0 Å². The summed E-state index contributed by atoms with van der Waals surface area (Å²) in [5, 5.41) is 0. The molecule has 0 atom stereocenters. The average molecular weight is 361 g/mol. The van der Waals surface area contributed by atoms with Crippen LogP contribution in [0.1, 0.15) is 81.4 Å². The molecule has 2 aromatic carbocycles. The zero-order chi connectivity index (χ0) is 18.9. The summed E-state index contributed by atoms with van der Waals surface area (Å²) in [5.41, 5.74) is 3.61. The van der Waals surface area contributed by atoms with Gasteiger partial charge >= 0.3 is 0 Å². The predicted octanol–water partition coefficient (Wildman–Crippen LogP) is 6.95. The van der Waals surface area contributed by atoms with Gasteiger partial charge in [-0.3, -0.25) is 0 Å². The summed E-state index contributed by atoms with van der Waals surface area (Å²) in [7, 11) is 0. The third-order valence-corrected chi connectivity index (χ3v) is 5.60. The number of benzene rings is 2. The van der Waals surface area contributed by atoms with Gasteiger partial charge in [-0.1, -0.05) is 50.7 Å². The molecule has 0 saturated heterocycles. The second-order valence-electron chi connectivity index (χ2n) is 7.75. The molecular formula is C26H32O. The second kappa shape index (κ2) is 10.2. The molecule has 0 unspecified atom stereocenters. The molecule has 0 radical (unpaired) electrons. The Bertz CT molecular complexity index is 738. The lowest BCUT2D eigenvalue weighted by Gasteiger charge is -2.28. The normalized spacial score (nSPS) is 19.2. The van der Waals surface area contributed by atoms with E-state index in [0.717, 1.165) is 41.7 Å². The molecule has 1 fully saturated rings. The molecule has 0 amide bonds. The van der Waals surface area contributed by atoms with Crippen LogP contribution in [0.5, 0.6) is 5.75 Å². The van der Waals surface area contributed by atoms with Gasteiger partial charge in [0, 0.05) is 11.1 Å². The minimum atomic E-state index is 0.746. The summed E-state index contributed by atoms with van der Waals surface area (Å²) >= 11 is 0. The molecule has 3 rings (SSSR count). The highest BCUT2D eigenvalue weighted by Gasteiger charge is 2.21. The topological polar surface area (TPSA) is 9.23 Å². The van der Waals surface area contributed by atoms with E-state index in [1.807, 2.05) is 24.3 Å². The van der Waals surface area contributed by atoms with Crippen LogP contribution in [-0.4, -0.2) is 6.61 Å². The Morgan fingerprint density at radius 3 is 1.93 bits per heavy atom. The Kier molecular flexibility index (Phi) is 7.40. The van der Waals surface area contributed by atoms with Crippen LogP contribution >= 0.6 is 0 Å². The highest BCUT2D eigenvalue weighted by Crippen LogP contribution is 2.37. The monoisotopic (exact) mass is 360 g/mol. The van der Waals surface area contributed by atoms with Crippen molar-refractivity contribution < 1.29 is 4.74 Å². The van der Waals surface area contributed by atoms with Crippen molar-refractivity contribution in [2.24, 2.45) is 5.92 Å². The smallest absolute Gasteiger partial charge is 0.119 e. The van der Waals surface area contributed by atoms with E-state index in [0.29, 0.717) is 0 Å². The first-order valence-corrected chi connectivity index (χ1v) is 10.6. The van der Waals surface area contributed by atoms with Gasteiger partial charge in [0.2, 0.25) is 0 Å². The molecule has 2 aromatic rings. The predicted molar refractivity (Wildman–Crippen MR) is 114 cm³/mol. The van der Waals surface area contributed by atoms with Crippen LogP contribution in [0, 0.1) is 17.8 Å². The standard InChI is InChI=1S/C26H32O/c1-3-5-21-8-14-24(15-9-21)25-16-10-22(11-17-25)6-7-23-12-18-26(19-13-23)27-20-4-2/h10-13,16-19,21,24H,3-5,8-9,14-15,20H2,1-2H3/t21-,24-. The van der Waals surface area contributed by atoms with Gasteiger partial charge in [0.25, 0.3) is 0 Å². The Hall–Kier alpha value is -2.20. The summed E-state index contributed by atoms with van der Waals surface area (Å²) in [5.74, 6) is 9.18. The van der Waals surface area contributed by atoms with Gasteiger partial charge in [0.1, 0.15) is 5.75 Å². The fourth-order valence-corrected chi connectivity index (χ4v) is 4.03. The van der Waals surface area contributed by atoms with Crippen molar-refractivity contribution in [2.75, 3.05) is 6.61 Å². The van der Waals surface area contributed by atoms with Gasteiger partial charge < -0.3 is 4.74 Å². The minimum Gasteiger partial charge on any atom is -0.494 e. The van der Waals surface area contributed by atoms with Gasteiger partial charge in [-0.2, -0.15) is 0 Å². The van der Waals surface area contributed by atoms with Crippen molar-refractivity contribution in [1.82, 2.24) is 0 Å². The molecule has 1 aliphatic rings. The zero-order valence-corrected chi connectivity index (χ0v) is 16.8. The maximum Gasteiger partial charge on any atom is 0.119 e. The first-order valence-electron chi connectivity index (χ1n) is 10.6. The zero-order valence-electron chi connectivity index (χ0n) is 16.8. The van der Waals surface area contributed by atoms with Crippen molar-refractivity contribution in [3.63, 3.8) is 0 Å². The quantitative estimate of drug-likeness (QED) is 0.506. The van der Waals surface area contributed by atoms with Crippen LogP contribution in [0.2, 0.25) is 0 Å². The summed E-state index contributed by atoms with van der Waals surface area (Å²) < 4.78 is 5.62. The summed E-state index contributed by atoms with van der Waals surface area (Å²) in [4.78, 5) is 0. The van der Waals surface area contributed by atoms with Gasteiger partial charge in [-0.05, 0) is 85.9 Å². The lowest BCUT2D eigenvalue weighted by Crippen LogP contribution is -2.13. The Morgan fingerprint density at radius 2 is 1.37 bits per heavy atom. The van der Waals surface area contributed by atoms with Gasteiger partial charge in [-0.25, -0.2) is 0 Å². The van der Waals surface area contributed by atoms with Crippen molar-refractivity contribution in [3.05, 3.63) is 65.2 Å². The van der Waals surface area contributed by atoms with E-state index in [4.69, 9.17) is 4.74 Å². The van der Waals surface area contributed by atoms with E-state index < -0.39 is 0 Å². The molecule has 1 nitrogen and oxygen atoms in total.